The van der Waals surface area contributed by atoms with Crippen LogP contribution < -0.4 is 10.2 Å². The highest BCUT2D eigenvalue weighted by molar-refractivity contribution is 6.34. The van der Waals surface area contributed by atoms with Crippen molar-refractivity contribution < 1.29 is 13.6 Å². The minimum absolute atomic E-state index is 0.0197. The fraction of sp³-hybridized carbons (Fsp3) is 0.200. The maximum absolute atomic E-state index is 15.0. The number of aromatic nitrogens is 3. The van der Waals surface area contributed by atoms with Gasteiger partial charge in [0, 0.05) is 72.3 Å². The van der Waals surface area contributed by atoms with Gasteiger partial charge in [0.25, 0.3) is 0 Å². The third-order valence-corrected chi connectivity index (χ3v) is 6.26. The zero-order valence-corrected chi connectivity index (χ0v) is 18.8. The number of rotatable bonds is 6. The number of nitrogens with zero attached hydrogens (tertiary/aromatic N) is 4. The first kappa shape index (κ1) is 22.2. The molecular weight excluding hydrogens is 460 g/mol. The number of benzene rings is 2. The summed E-state index contributed by atoms with van der Waals surface area (Å²) >= 11 is 6.40. The molecule has 1 N–H and O–H groups in total. The van der Waals surface area contributed by atoms with Crippen LogP contribution in [0.15, 0.2) is 55.0 Å². The molecule has 1 aliphatic rings. The van der Waals surface area contributed by atoms with E-state index < -0.39 is 5.82 Å². The largest absolute Gasteiger partial charge is 0.379 e. The molecule has 5 rings (SSSR count). The van der Waals surface area contributed by atoms with E-state index in [0.717, 1.165) is 12.7 Å². The fourth-order valence-electron chi connectivity index (χ4n) is 4.12. The second-order valence-corrected chi connectivity index (χ2v) is 8.59. The summed E-state index contributed by atoms with van der Waals surface area (Å²) < 4.78 is 29.1. The lowest BCUT2D eigenvalue weighted by Gasteiger charge is -2.16. The van der Waals surface area contributed by atoms with Gasteiger partial charge >= 0.3 is 0 Å². The molecule has 0 radical (unpaired) electrons. The number of anilines is 2. The quantitative estimate of drug-likeness (QED) is 0.380. The number of fused-ring (bicyclic) bond motifs is 1. The predicted molar refractivity (Wildman–Crippen MR) is 128 cm³/mol. The molecule has 1 aliphatic heterocycles. The van der Waals surface area contributed by atoms with E-state index in [1.54, 1.807) is 36.7 Å². The summed E-state index contributed by atoms with van der Waals surface area (Å²) in [7, 11) is 0. The summed E-state index contributed by atoms with van der Waals surface area (Å²) in [5.41, 5.74) is 2.22. The van der Waals surface area contributed by atoms with Crippen LogP contribution >= 0.6 is 11.6 Å². The maximum Gasteiger partial charge on any atom is 0.225 e. The van der Waals surface area contributed by atoms with Gasteiger partial charge in [0.05, 0.1) is 16.2 Å². The molecule has 1 saturated heterocycles. The first-order valence-electron chi connectivity index (χ1n) is 10.8. The smallest absolute Gasteiger partial charge is 0.225 e. The molecule has 0 saturated carbocycles. The second-order valence-electron chi connectivity index (χ2n) is 8.18. The molecule has 0 aliphatic carbocycles. The Labute approximate surface area is 199 Å². The van der Waals surface area contributed by atoms with Crippen molar-refractivity contribution in [3.63, 3.8) is 0 Å². The Bertz CT molecular complexity index is 1370. The van der Waals surface area contributed by atoms with Crippen molar-refractivity contribution in [2.45, 2.75) is 13.0 Å². The monoisotopic (exact) mass is 479 g/mol. The SMILES string of the molecule is O=CC1CCN(c2ncc(-c3cc4c(NCc5ccccc5F)c(Cl)cnc4cc3F)cn2)C1. The molecule has 1 atom stereocenters. The van der Waals surface area contributed by atoms with E-state index >= 15 is 0 Å². The van der Waals surface area contributed by atoms with Gasteiger partial charge in [-0.25, -0.2) is 18.7 Å². The third-order valence-electron chi connectivity index (χ3n) is 5.97. The fourth-order valence-corrected chi connectivity index (χ4v) is 4.34. The Hall–Kier alpha value is -3.65. The van der Waals surface area contributed by atoms with E-state index in [1.807, 2.05) is 4.90 Å². The predicted octanol–water partition coefficient (Wildman–Crippen LogP) is 5.26. The van der Waals surface area contributed by atoms with Gasteiger partial charge in [-0.05, 0) is 18.6 Å². The van der Waals surface area contributed by atoms with Crippen LogP contribution in [-0.4, -0.2) is 34.3 Å². The maximum atomic E-state index is 15.0. The van der Waals surface area contributed by atoms with Crippen LogP contribution in [0.1, 0.15) is 12.0 Å². The lowest BCUT2D eigenvalue weighted by Crippen LogP contribution is -2.22. The Balaban J connectivity index is 1.47. The summed E-state index contributed by atoms with van der Waals surface area (Å²) in [6.07, 6.45) is 6.28. The van der Waals surface area contributed by atoms with E-state index in [0.29, 0.717) is 57.3 Å². The van der Waals surface area contributed by atoms with Crippen molar-refractivity contribution in [3.05, 3.63) is 77.2 Å². The van der Waals surface area contributed by atoms with E-state index in [9.17, 15) is 13.6 Å². The number of carbonyl (C=O) groups excluding carboxylic acids is 1. The minimum atomic E-state index is -0.471. The number of carbonyl (C=O) groups is 1. The molecule has 2 aromatic carbocycles. The topological polar surface area (TPSA) is 71.0 Å². The number of hydrogen-bond acceptors (Lipinski definition) is 6. The van der Waals surface area contributed by atoms with Crippen LogP contribution in [0.5, 0.6) is 0 Å². The summed E-state index contributed by atoms with van der Waals surface area (Å²) in [6, 6.07) is 9.43. The number of aldehydes is 1. The Morgan fingerprint density at radius 2 is 1.88 bits per heavy atom. The van der Waals surface area contributed by atoms with Crippen LogP contribution in [0, 0.1) is 17.6 Å². The lowest BCUT2D eigenvalue weighted by molar-refractivity contribution is -0.110. The van der Waals surface area contributed by atoms with Crippen LogP contribution in [-0.2, 0) is 11.3 Å². The molecular formula is C25H20ClF2N5O. The normalized spacial score (nSPS) is 15.6. The molecule has 1 unspecified atom stereocenters. The zero-order chi connectivity index (χ0) is 23.7. The van der Waals surface area contributed by atoms with E-state index in [2.05, 4.69) is 20.3 Å². The number of hydrogen-bond donors (Lipinski definition) is 1. The highest BCUT2D eigenvalue weighted by Crippen LogP contribution is 2.35. The Morgan fingerprint density at radius 3 is 2.62 bits per heavy atom. The average molecular weight is 480 g/mol. The second kappa shape index (κ2) is 9.30. The van der Waals surface area contributed by atoms with Gasteiger partial charge in [0.15, 0.2) is 0 Å². The molecule has 0 bridgehead atoms. The zero-order valence-electron chi connectivity index (χ0n) is 18.0. The summed E-state index contributed by atoms with van der Waals surface area (Å²) in [6.45, 7) is 1.48. The molecule has 3 heterocycles. The molecule has 2 aromatic heterocycles. The number of pyridine rings is 1. The molecule has 6 nitrogen and oxygen atoms in total. The van der Waals surface area contributed by atoms with Gasteiger partial charge in [-0.2, -0.15) is 0 Å². The first-order valence-corrected chi connectivity index (χ1v) is 11.2. The van der Waals surface area contributed by atoms with Crippen LogP contribution in [0.4, 0.5) is 20.4 Å². The lowest BCUT2D eigenvalue weighted by atomic mass is 10.0. The van der Waals surface area contributed by atoms with Gasteiger partial charge < -0.3 is 15.0 Å². The summed E-state index contributed by atoms with van der Waals surface area (Å²) in [4.78, 5) is 26.0. The molecule has 0 spiro atoms. The summed E-state index contributed by atoms with van der Waals surface area (Å²) in [5.74, 6) is -0.313. The van der Waals surface area contributed by atoms with E-state index in [-0.39, 0.29) is 18.3 Å². The van der Waals surface area contributed by atoms with Gasteiger partial charge in [0.2, 0.25) is 5.95 Å². The molecule has 34 heavy (non-hydrogen) atoms. The standard InChI is InChI=1S/C25H20ClF2N5O/c26-20-12-29-23-8-22(28)18(7-19(23)24(20)30-9-16-3-1-2-4-21(16)27)17-10-31-25(32-11-17)33-6-5-15(13-33)14-34/h1-4,7-8,10-12,14-15H,5-6,9,13H2,(H,29,30). The van der Waals surface area contributed by atoms with Crippen molar-refractivity contribution in [2.75, 3.05) is 23.3 Å². The highest BCUT2D eigenvalue weighted by atomic mass is 35.5. The Morgan fingerprint density at radius 1 is 1.09 bits per heavy atom. The van der Waals surface area contributed by atoms with Crippen LogP contribution in [0.3, 0.4) is 0 Å². The minimum Gasteiger partial charge on any atom is -0.379 e. The van der Waals surface area contributed by atoms with Crippen molar-refractivity contribution in [1.82, 2.24) is 15.0 Å². The number of halogens is 3. The Kier molecular flexibility index (Phi) is 6.06. The molecule has 4 aromatic rings. The molecule has 9 heteroatoms. The summed E-state index contributed by atoms with van der Waals surface area (Å²) in [5, 5.41) is 4.10. The van der Waals surface area contributed by atoms with Crippen LogP contribution in [0.2, 0.25) is 5.02 Å². The van der Waals surface area contributed by atoms with Gasteiger partial charge in [-0.15, -0.1) is 0 Å². The molecule has 0 amide bonds. The van der Waals surface area contributed by atoms with Crippen molar-refractivity contribution in [3.8, 4) is 11.1 Å². The van der Waals surface area contributed by atoms with Crippen molar-refractivity contribution in [1.29, 1.82) is 0 Å². The molecule has 1 fully saturated rings. The number of nitrogens with one attached hydrogen (secondary N) is 1. The average Bonchev–Trinajstić information content (AvgIpc) is 3.34. The van der Waals surface area contributed by atoms with Crippen molar-refractivity contribution in [2.24, 2.45) is 5.92 Å². The first-order chi connectivity index (χ1) is 16.5. The highest BCUT2D eigenvalue weighted by Gasteiger charge is 2.24. The van der Waals surface area contributed by atoms with E-state index in [4.69, 9.17) is 11.6 Å². The van der Waals surface area contributed by atoms with Crippen molar-refractivity contribution >= 4 is 40.4 Å². The molecule has 172 valence electrons. The van der Waals surface area contributed by atoms with Gasteiger partial charge in [-0.1, -0.05) is 29.8 Å². The van der Waals surface area contributed by atoms with E-state index in [1.165, 1.54) is 18.3 Å². The van der Waals surface area contributed by atoms with Crippen LogP contribution in [0.25, 0.3) is 22.0 Å². The van der Waals surface area contributed by atoms with Gasteiger partial charge in [0.1, 0.15) is 17.9 Å². The third kappa shape index (κ3) is 4.28. The van der Waals surface area contributed by atoms with Gasteiger partial charge in [-0.3, -0.25) is 4.98 Å².